The van der Waals surface area contributed by atoms with Crippen molar-refractivity contribution in [3.63, 3.8) is 0 Å². The van der Waals surface area contributed by atoms with Gasteiger partial charge >= 0.3 is 0 Å². The van der Waals surface area contributed by atoms with E-state index >= 15 is 0 Å². The van der Waals surface area contributed by atoms with Gasteiger partial charge in [-0.3, -0.25) is 0 Å². The first-order valence-electron chi connectivity index (χ1n) is 15.0. The van der Waals surface area contributed by atoms with E-state index in [1.165, 1.54) is 37.7 Å². The van der Waals surface area contributed by atoms with Gasteiger partial charge in [-0.25, -0.2) is 0 Å². The smallest absolute Gasteiger partial charge is 0.0410 e. The molecule has 224 valence electrons. The standard InChI is InChI=1S/C22H13Br.C12H8.C10H6Br2/c23-22-19(15-13-18-7-2-4-11-21(18)22)14-12-17-9-5-8-16-6-1-3-10-20(16)17;1-2-10-7-5-8-11-6-3-4-9-12(10)11;11-9-6-5-7-3-1-2-4-8(7)10(9)12/h1-11,13,15H;1,3-9H;1-6H. The molecule has 8 rings (SSSR count). The summed E-state index contributed by atoms with van der Waals surface area (Å²) < 4.78 is 3.28. The summed E-state index contributed by atoms with van der Waals surface area (Å²) in [7, 11) is 0. The van der Waals surface area contributed by atoms with Gasteiger partial charge in [-0.1, -0.05) is 151 Å². The number of halogens is 3. The molecule has 0 aliphatic carbocycles. The summed E-state index contributed by atoms with van der Waals surface area (Å²) in [6.07, 6.45) is 5.37. The van der Waals surface area contributed by atoms with Crippen LogP contribution in [0.15, 0.2) is 171 Å². The van der Waals surface area contributed by atoms with Crippen LogP contribution in [0.5, 0.6) is 0 Å². The molecule has 47 heavy (non-hydrogen) atoms. The molecule has 0 amide bonds. The molecule has 0 unspecified atom stereocenters. The normalized spacial score (nSPS) is 10.3. The van der Waals surface area contributed by atoms with Gasteiger partial charge in [0.2, 0.25) is 0 Å². The van der Waals surface area contributed by atoms with E-state index in [1.54, 1.807) is 0 Å². The van der Waals surface area contributed by atoms with Gasteiger partial charge in [-0.2, -0.15) is 0 Å². The lowest BCUT2D eigenvalue weighted by Gasteiger charge is -2.03. The summed E-state index contributed by atoms with van der Waals surface area (Å²) in [6.45, 7) is 0. The third-order valence-corrected chi connectivity index (χ3v) is 10.6. The van der Waals surface area contributed by atoms with Crippen molar-refractivity contribution >= 4 is 90.9 Å². The minimum absolute atomic E-state index is 0.966. The summed E-state index contributed by atoms with van der Waals surface area (Å²) in [5.41, 5.74) is 3.04. The van der Waals surface area contributed by atoms with Crippen LogP contribution in [0.2, 0.25) is 0 Å². The van der Waals surface area contributed by atoms with Gasteiger partial charge in [0.05, 0.1) is 0 Å². The molecule has 0 nitrogen and oxygen atoms in total. The first kappa shape index (κ1) is 32.3. The largest absolute Gasteiger partial charge is 0.115 e. The Morgan fingerprint density at radius 3 is 1.32 bits per heavy atom. The van der Waals surface area contributed by atoms with Gasteiger partial charge in [0.25, 0.3) is 0 Å². The van der Waals surface area contributed by atoms with Crippen molar-refractivity contribution in [1.82, 2.24) is 0 Å². The van der Waals surface area contributed by atoms with Crippen molar-refractivity contribution < 1.29 is 0 Å². The van der Waals surface area contributed by atoms with Crippen molar-refractivity contribution in [2.45, 2.75) is 0 Å². The molecule has 8 aromatic carbocycles. The highest BCUT2D eigenvalue weighted by Crippen LogP contribution is 2.31. The Labute approximate surface area is 300 Å². The number of hydrogen-bond acceptors (Lipinski definition) is 0. The number of rotatable bonds is 0. The highest BCUT2D eigenvalue weighted by Gasteiger charge is 2.03. The lowest BCUT2D eigenvalue weighted by atomic mass is 10.0. The molecular formula is C44H27Br3. The van der Waals surface area contributed by atoms with E-state index in [2.05, 4.69) is 175 Å². The molecule has 0 saturated carbocycles. The van der Waals surface area contributed by atoms with E-state index in [0.717, 1.165) is 35.5 Å². The fourth-order valence-corrected chi connectivity index (χ4v) is 6.79. The Kier molecular flexibility index (Phi) is 10.5. The lowest BCUT2D eigenvalue weighted by Crippen LogP contribution is -1.82. The van der Waals surface area contributed by atoms with E-state index in [1.807, 2.05) is 48.5 Å². The van der Waals surface area contributed by atoms with Gasteiger partial charge < -0.3 is 0 Å². The Hall–Kier alpha value is -4.64. The van der Waals surface area contributed by atoms with Crippen molar-refractivity contribution in [2.75, 3.05) is 0 Å². The van der Waals surface area contributed by atoms with Gasteiger partial charge in [0, 0.05) is 30.1 Å². The zero-order valence-electron chi connectivity index (χ0n) is 25.2. The third kappa shape index (κ3) is 7.51. The average Bonchev–Trinajstić information content (AvgIpc) is 3.13. The molecule has 8 aromatic rings. The van der Waals surface area contributed by atoms with Crippen LogP contribution < -0.4 is 0 Å². The summed E-state index contributed by atoms with van der Waals surface area (Å²) >= 11 is 10.7. The predicted molar refractivity (Wildman–Crippen MR) is 213 cm³/mol. The van der Waals surface area contributed by atoms with E-state index in [-0.39, 0.29) is 0 Å². The average molecular weight is 795 g/mol. The van der Waals surface area contributed by atoms with Crippen molar-refractivity contribution in [3.05, 3.63) is 188 Å². The zero-order valence-corrected chi connectivity index (χ0v) is 30.0. The fraction of sp³-hybridized carbons (Fsp3) is 0. The molecular weight excluding hydrogens is 768 g/mol. The monoisotopic (exact) mass is 792 g/mol. The first-order chi connectivity index (χ1) is 23.0. The SMILES string of the molecule is Brc1c(C#Cc2cccc3ccccc23)ccc2ccccc12.Brc1ccc2ccccc2c1Br.C#Cc1cccc2ccccc12. The molecule has 3 heteroatoms. The van der Waals surface area contributed by atoms with Crippen LogP contribution in [-0.4, -0.2) is 0 Å². The molecule has 0 aliphatic heterocycles. The molecule has 0 bridgehead atoms. The maximum Gasteiger partial charge on any atom is 0.0410 e. The van der Waals surface area contributed by atoms with Crippen LogP contribution in [0, 0.1) is 24.2 Å². The maximum absolute atomic E-state index is 5.37. The quantitative estimate of drug-likeness (QED) is 0.134. The molecule has 0 aliphatic rings. The van der Waals surface area contributed by atoms with E-state index in [4.69, 9.17) is 6.42 Å². The Bertz CT molecular complexity index is 2460. The molecule has 0 heterocycles. The molecule has 0 radical (unpaired) electrons. The van der Waals surface area contributed by atoms with Crippen LogP contribution >= 0.6 is 47.8 Å². The first-order valence-corrected chi connectivity index (χ1v) is 17.4. The molecule has 0 atom stereocenters. The van der Waals surface area contributed by atoms with Gasteiger partial charge in [-0.15, -0.1) is 6.42 Å². The summed E-state index contributed by atoms with van der Waals surface area (Å²) in [5, 5.41) is 9.68. The van der Waals surface area contributed by atoms with E-state index in [9.17, 15) is 0 Å². The van der Waals surface area contributed by atoms with Crippen LogP contribution in [0.1, 0.15) is 16.7 Å². The number of benzene rings is 8. The predicted octanol–water partition coefficient (Wildman–Crippen LogP) is 13.3. The third-order valence-electron chi connectivity index (χ3n) is 7.75. The van der Waals surface area contributed by atoms with Gasteiger partial charge in [-0.05, 0) is 115 Å². The van der Waals surface area contributed by atoms with Crippen molar-refractivity contribution in [2.24, 2.45) is 0 Å². The second-order valence-corrected chi connectivity index (χ2v) is 13.1. The summed E-state index contributed by atoms with van der Waals surface area (Å²) in [5.74, 6) is 9.32. The van der Waals surface area contributed by atoms with Crippen LogP contribution in [0.25, 0.3) is 43.1 Å². The van der Waals surface area contributed by atoms with Crippen LogP contribution in [0.4, 0.5) is 0 Å². The lowest BCUT2D eigenvalue weighted by molar-refractivity contribution is 1.64. The molecule has 0 aromatic heterocycles. The van der Waals surface area contributed by atoms with Crippen molar-refractivity contribution in [1.29, 1.82) is 0 Å². The molecule has 0 N–H and O–H groups in total. The van der Waals surface area contributed by atoms with E-state index < -0.39 is 0 Å². The van der Waals surface area contributed by atoms with Gasteiger partial charge in [0.15, 0.2) is 0 Å². The highest BCUT2D eigenvalue weighted by molar-refractivity contribution is 9.13. The minimum Gasteiger partial charge on any atom is -0.115 e. The Balaban J connectivity index is 0.000000136. The Morgan fingerprint density at radius 2 is 0.745 bits per heavy atom. The second kappa shape index (κ2) is 15.3. The van der Waals surface area contributed by atoms with Crippen molar-refractivity contribution in [3.8, 4) is 24.2 Å². The topological polar surface area (TPSA) is 0 Å². The number of fused-ring (bicyclic) bond motifs is 4. The van der Waals surface area contributed by atoms with Crippen LogP contribution in [-0.2, 0) is 0 Å². The highest BCUT2D eigenvalue weighted by atomic mass is 79.9. The van der Waals surface area contributed by atoms with Crippen LogP contribution in [0.3, 0.4) is 0 Å². The summed E-state index contributed by atoms with van der Waals surface area (Å²) in [6, 6.07) is 53.7. The fourth-order valence-electron chi connectivity index (χ4n) is 5.36. The minimum atomic E-state index is 0.966. The maximum atomic E-state index is 5.37. The molecule has 0 saturated heterocycles. The number of terminal acetylenes is 1. The summed E-state index contributed by atoms with van der Waals surface area (Å²) in [4.78, 5) is 0. The molecule has 0 spiro atoms. The van der Waals surface area contributed by atoms with Gasteiger partial charge in [0.1, 0.15) is 0 Å². The zero-order chi connectivity index (χ0) is 32.6. The van der Waals surface area contributed by atoms with E-state index in [0.29, 0.717) is 0 Å². The number of hydrogen-bond donors (Lipinski definition) is 0. The second-order valence-electron chi connectivity index (χ2n) is 10.7. The Morgan fingerprint density at radius 1 is 0.340 bits per heavy atom. The molecule has 0 fully saturated rings.